The van der Waals surface area contributed by atoms with Crippen molar-refractivity contribution in [3.05, 3.63) is 28.8 Å². The van der Waals surface area contributed by atoms with Crippen LogP contribution in [0.15, 0.2) is 18.2 Å². The normalized spacial score (nSPS) is 27.0. The first kappa shape index (κ1) is 28.7. The minimum atomic E-state index is -0.844. The van der Waals surface area contributed by atoms with Crippen LogP contribution in [0.5, 0.6) is 0 Å². The average molecular weight is 537 g/mol. The number of rotatable bonds is 8. The number of ether oxygens (including phenoxy) is 2. The minimum absolute atomic E-state index is 0. The van der Waals surface area contributed by atoms with E-state index in [-0.39, 0.29) is 54.1 Å². The molecule has 0 aromatic heterocycles. The standard InChI is InChI=1S/C25H33ClN4O6.CH4/c1-4-35-25-18(11-19(31)36-25)28-23(33)21-13-5-7-15(9-13)30(21)24(34)20(12(2)3)29-22(32)14-6-8-17(27)16(26)10-14;/h6,8,10,12-13,15,18,20-21,25H,4-5,7,9,11,27H2,1-3H3,(H,28,33)(H,29,32);1H4/t13-,15?,18-,20-,21-,25+;/m0./s1. The first-order valence-electron chi connectivity index (χ1n) is 12.4. The van der Waals surface area contributed by atoms with E-state index in [1.807, 2.05) is 13.8 Å². The Morgan fingerprint density at radius 1 is 1.27 bits per heavy atom. The lowest BCUT2D eigenvalue weighted by atomic mass is 9.95. The number of nitrogens with two attached hydrogens (primary N) is 1. The maximum atomic E-state index is 13.8. The number of carbonyl (C=O) groups excluding carboxylic acids is 4. The predicted molar refractivity (Wildman–Crippen MR) is 139 cm³/mol. The molecule has 204 valence electrons. The molecule has 1 aromatic rings. The lowest BCUT2D eigenvalue weighted by Crippen LogP contribution is -2.60. The highest BCUT2D eigenvalue weighted by atomic mass is 35.5. The van der Waals surface area contributed by atoms with Crippen molar-refractivity contribution in [2.75, 3.05) is 12.3 Å². The summed E-state index contributed by atoms with van der Waals surface area (Å²) in [6.07, 6.45) is 1.54. The summed E-state index contributed by atoms with van der Waals surface area (Å²) in [5.41, 5.74) is 6.39. The number of hydrogen-bond donors (Lipinski definition) is 3. The number of amides is 3. The number of carbonyl (C=O) groups is 4. The van der Waals surface area contributed by atoms with Crippen LogP contribution in [0.1, 0.15) is 64.2 Å². The average Bonchev–Trinajstić information content (AvgIpc) is 3.53. The van der Waals surface area contributed by atoms with Gasteiger partial charge >= 0.3 is 5.97 Å². The molecule has 4 N–H and O–H groups in total. The fraction of sp³-hybridized carbons (Fsp3) is 0.615. The molecule has 3 fully saturated rings. The van der Waals surface area contributed by atoms with Crippen LogP contribution in [0.4, 0.5) is 5.69 Å². The lowest BCUT2D eigenvalue weighted by molar-refractivity contribution is -0.165. The Kier molecular flexibility index (Phi) is 9.07. The van der Waals surface area contributed by atoms with Crippen LogP contribution in [0.25, 0.3) is 0 Å². The van der Waals surface area contributed by atoms with E-state index in [9.17, 15) is 19.2 Å². The molecule has 37 heavy (non-hydrogen) atoms. The molecule has 1 unspecified atom stereocenters. The number of halogens is 1. The number of benzene rings is 1. The van der Waals surface area contributed by atoms with Crippen molar-refractivity contribution in [2.45, 2.75) is 84.3 Å². The summed E-state index contributed by atoms with van der Waals surface area (Å²) >= 11 is 6.07. The second-order valence-electron chi connectivity index (χ2n) is 9.98. The largest absolute Gasteiger partial charge is 0.433 e. The Bertz CT molecular complexity index is 1050. The van der Waals surface area contributed by atoms with Crippen LogP contribution in [0.3, 0.4) is 0 Å². The molecule has 2 heterocycles. The zero-order chi connectivity index (χ0) is 26.1. The van der Waals surface area contributed by atoms with E-state index in [4.69, 9.17) is 26.8 Å². The molecule has 4 rings (SSSR count). The molecular weight excluding hydrogens is 500 g/mol. The third-order valence-corrected chi connectivity index (χ3v) is 7.54. The van der Waals surface area contributed by atoms with Gasteiger partial charge in [0.25, 0.3) is 5.91 Å². The second-order valence-corrected chi connectivity index (χ2v) is 10.4. The van der Waals surface area contributed by atoms with E-state index >= 15 is 0 Å². The van der Waals surface area contributed by atoms with Gasteiger partial charge in [-0.25, -0.2) is 0 Å². The Labute approximate surface area is 222 Å². The van der Waals surface area contributed by atoms with Crippen molar-refractivity contribution in [1.82, 2.24) is 15.5 Å². The quantitative estimate of drug-likeness (QED) is 0.342. The molecule has 2 bridgehead atoms. The van der Waals surface area contributed by atoms with Gasteiger partial charge in [-0.1, -0.05) is 32.9 Å². The van der Waals surface area contributed by atoms with Crippen LogP contribution >= 0.6 is 11.6 Å². The van der Waals surface area contributed by atoms with Gasteiger partial charge in [-0.15, -0.1) is 0 Å². The molecule has 1 aromatic carbocycles. The van der Waals surface area contributed by atoms with Gasteiger partial charge in [0.05, 0.1) is 17.1 Å². The van der Waals surface area contributed by atoms with Gasteiger partial charge in [0.2, 0.25) is 18.1 Å². The van der Waals surface area contributed by atoms with Gasteiger partial charge in [0.1, 0.15) is 18.1 Å². The zero-order valence-corrected chi connectivity index (χ0v) is 21.4. The van der Waals surface area contributed by atoms with Crippen molar-refractivity contribution < 1.29 is 28.7 Å². The van der Waals surface area contributed by atoms with E-state index in [1.165, 1.54) is 12.1 Å². The number of nitrogens with zero attached hydrogens (tertiary/aromatic N) is 1. The Hall–Kier alpha value is -2.85. The van der Waals surface area contributed by atoms with Crippen LogP contribution in [0.2, 0.25) is 5.02 Å². The number of likely N-dealkylation sites (tertiary alicyclic amines) is 1. The monoisotopic (exact) mass is 536 g/mol. The van der Waals surface area contributed by atoms with E-state index in [1.54, 1.807) is 17.9 Å². The van der Waals surface area contributed by atoms with Gasteiger partial charge < -0.3 is 30.7 Å². The maximum absolute atomic E-state index is 13.8. The van der Waals surface area contributed by atoms with Gasteiger partial charge in [-0.2, -0.15) is 0 Å². The number of esters is 1. The summed E-state index contributed by atoms with van der Waals surface area (Å²) < 4.78 is 10.6. The molecule has 1 saturated carbocycles. The van der Waals surface area contributed by atoms with Gasteiger partial charge in [-0.05, 0) is 56.2 Å². The second kappa shape index (κ2) is 11.7. The lowest BCUT2D eigenvalue weighted by Gasteiger charge is -2.38. The van der Waals surface area contributed by atoms with Crippen LogP contribution in [-0.2, 0) is 23.9 Å². The van der Waals surface area contributed by atoms with E-state index in [2.05, 4.69) is 10.6 Å². The minimum Gasteiger partial charge on any atom is -0.433 e. The smallest absolute Gasteiger partial charge is 0.310 e. The van der Waals surface area contributed by atoms with Crippen molar-refractivity contribution in [3.8, 4) is 0 Å². The Morgan fingerprint density at radius 2 is 2.00 bits per heavy atom. The number of nitrogen functional groups attached to an aromatic ring is 1. The summed E-state index contributed by atoms with van der Waals surface area (Å²) in [6, 6.07) is 2.34. The number of nitrogens with one attached hydrogen (secondary N) is 2. The highest BCUT2D eigenvalue weighted by Gasteiger charge is 2.53. The molecule has 11 heteroatoms. The number of fused-ring (bicyclic) bond motifs is 2. The van der Waals surface area contributed by atoms with Gasteiger partial charge in [0.15, 0.2) is 0 Å². The molecule has 3 amide bonds. The SMILES string of the molecule is C.CCO[C@@H]1OC(=O)C[C@@H]1NC(=O)[C@@H]1[C@H]2CCC(C2)N1C(=O)[C@@H](NC(=O)c1ccc(N)c(Cl)c1)C(C)C. The van der Waals surface area contributed by atoms with Gasteiger partial charge in [0, 0.05) is 18.2 Å². The summed E-state index contributed by atoms with van der Waals surface area (Å²) in [6.45, 7) is 5.80. The highest BCUT2D eigenvalue weighted by molar-refractivity contribution is 6.33. The molecule has 3 aliphatic rings. The molecule has 10 nitrogen and oxygen atoms in total. The van der Waals surface area contributed by atoms with E-state index in [0.717, 1.165) is 19.3 Å². The molecule has 6 atom stereocenters. The molecule has 0 spiro atoms. The number of anilines is 1. The highest BCUT2D eigenvalue weighted by Crippen LogP contribution is 2.43. The van der Waals surface area contributed by atoms with Crippen LogP contribution < -0.4 is 16.4 Å². The predicted octanol–water partition coefficient (Wildman–Crippen LogP) is 2.49. The number of hydrogen-bond acceptors (Lipinski definition) is 7. The van der Waals surface area contributed by atoms with Crippen LogP contribution in [-0.4, -0.2) is 65.7 Å². The van der Waals surface area contributed by atoms with Crippen molar-refractivity contribution >= 4 is 41.0 Å². The molecular formula is C26H37ClN4O6. The van der Waals surface area contributed by atoms with Crippen LogP contribution in [0, 0.1) is 11.8 Å². The summed E-state index contributed by atoms with van der Waals surface area (Å²) in [5, 5.41) is 5.97. The Morgan fingerprint density at radius 3 is 2.65 bits per heavy atom. The summed E-state index contributed by atoms with van der Waals surface area (Å²) in [5.74, 6) is -1.73. The fourth-order valence-electron chi connectivity index (χ4n) is 5.45. The van der Waals surface area contributed by atoms with Crippen molar-refractivity contribution in [3.63, 3.8) is 0 Å². The molecule has 1 aliphatic carbocycles. The molecule has 0 radical (unpaired) electrons. The first-order valence-corrected chi connectivity index (χ1v) is 12.8. The third kappa shape index (κ3) is 5.85. The fourth-order valence-corrected chi connectivity index (χ4v) is 5.63. The third-order valence-electron chi connectivity index (χ3n) is 7.21. The molecule has 2 aliphatic heterocycles. The topological polar surface area (TPSA) is 140 Å². The van der Waals surface area contributed by atoms with Crippen molar-refractivity contribution in [2.24, 2.45) is 11.8 Å². The van der Waals surface area contributed by atoms with E-state index in [0.29, 0.717) is 12.3 Å². The maximum Gasteiger partial charge on any atom is 0.310 e. The van der Waals surface area contributed by atoms with Crippen molar-refractivity contribution in [1.29, 1.82) is 0 Å². The number of piperidine rings is 1. The van der Waals surface area contributed by atoms with Gasteiger partial charge in [-0.3, -0.25) is 19.2 Å². The zero-order valence-electron chi connectivity index (χ0n) is 20.7. The molecule has 2 saturated heterocycles. The number of cyclic esters (lactones) is 1. The Balaban J connectivity index is 0.00000380. The summed E-state index contributed by atoms with van der Waals surface area (Å²) in [7, 11) is 0. The van der Waals surface area contributed by atoms with E-state index < -0.39 is 36.3 Å². The summed E-state index contributed by atoms with van der Waals surface area (Å²) in [4.78, 5) is 53.6. The first-order chi connectivity index (χ1) is 17.1.